The van der Waals surface area contributed by atoms with Crippen LogP contribution in [0, 0.1) is 6.92 Å². The quantitative estimate of drug-likeness (QED) is 0.932. The molecule has 1 aromatic heterocycles. The van der Waals surface area contributed by atoms with Gasteiger partial charge in [-0.1, -0.05) is 24.3 Å². The van der Waals surface area contributed by atoms with Gasteiger partial charge in [-0.2, -0.15) is 13.2 Å². The Morgan fingerprint density at radius 1 is 1.15 bits per heavy atom. The molecule has 0 aliphatic carbocycles. The molecule has 1 unspecified atom stereocenters. The highest BCUT2D eigenvalue weighted by atomic mass is 19.4. The highest BCUT2D eigenvalue weighted by molar-refractivity contribution is 5.33. The standard InChI is InChI=1S/C15H15F3N2/c1-10-5-4-8-20-14(10)9-13(19)11-6-2-3-7-12(11)15(16,17)18/h2-8,13H,9,19H2,1H3. The van der Waals surface area contributed by atoms with Gasteiger partial charge < -0.3 is 5.73 Å². The normalized spacial score (nSPS) is 13.2. The Labute approximate surface area is 115 Å². The van der Waals surface area contributed by atoms with Gasteiger partial charge in [0.15, 0.2) is 0 Å². The molecule has 106 valence electrons. The van der Waals surface area contributed by atoms with Crippen LogP contribution in [0.3, 0.4) is 0 Å². The van der Waals surface area contributed by atoms with Crippen LogP contribution in [0.2, 0.25) is 0 Å². The third-order valence-corrected chi connectivity index (χ3v) is 3.20. The van der Waals surface area contributed by atoms with Crippen LogP contribution in [0.15, 0.2) is 42.6 Å². The highest BCUT2D eigenvalue weighted by Crippen LogP contribution is 2.34. The number of nitrogens with two attached hydrogens (primary N) is 1. The Morgan fingerprint density at radius 3 is 2.50 bits per heavy atom. The lowest BCUT2D eigenvalue weighted by Crippen LogP contribution is -2.20. The fourth-order valence-corrected chi connectivity index (χ4v) is 2.13. The number of aryl methyl sites for hydroxylation is 1. The molecular formula is C15H15F3N2. The molecule has 0 aliphatic heterocycles. The molecule has 0 amide bonds. The van der Waals surface area contributed by atoms with Gasteiger partial charge in [-0.15, -0.1) is 0 Å². The van der Waals surface area contributed by atoms with Gasteiger partial charge in [-0.3, -0.25) is 4.98 Å². The van der Waals surface area contributed by atoms with Crippen molar-refractivity contribution in [2.75, 3.05) is 0 Å². The summed E-state index contributed by atoms with van der Waals surface area (Å²) in [7, 11) is 0. The maximum atomic E-state index is 13.0. The lowest BCUT2D eigenvalue weighted by molar-refractivity contribution is -0.138. The van der Waals surface area contributed by atoms with Crippen molar-refractivity contribution < 1.29 is 13.2 Å². The molecular weight excluding hydrogens is 265 g/mol. The SMILES string of the molecule is Cc1cccnc1CC(N)c1ccccc1C(F)(F)F. The van der Waals surface area contributed by atoms with Crippen LogP contribution < -0.4 is 5.73 Å². The second-order valence-corrected chi connectivity index (χ2v) is 4.66. The predicted molar refractivity (Wildman–Crippen MR) is 71.1 cm³/mol. The van der Waals surface area contributed by atoms with E-state index in [1.807, 2.05) is 13.0 Å². The summed E-state index contributed by atoms with van der Waals surface area (Å²) >= 11 is 0. The first kappa shape index (κ1) is 14.5. The number of aromatic nitrogens is 1. The number of alkyl halides is 3. The number of hydrogen-bond donors (Lipinski definition) is 1. The summed E-state index contributed by atoms with van der Waals surface area (Å²) < 4.78 is 38.9. The molecule has 1 atom stereocenters. The van der Waals surface area contributed by atoms with Crippen LogP contribution in [0.1, 0.15) is 28.4 Å². The summed E-state index contributed by atoms with van der Waals surface area (Å²) in [6.45, 7) is 1.87. The van der Waals surface area contributed by atoms with Crippen molar-refractivity contribution in [1.82, 2.24) is 4.98 Å². The molecule has 0 spiro atoms. The van der Waals surface area contributed by atoms with Crippen molar-refractivity contribution in [1.29, 1.82) is 0 Å². The molecule has 0 saturated heterocycles. The third kappa shape index (κ3) is 3.17. The van der Waals surface area contributed by atoms with E-state index in [1.165, 1.54) is 12.1 Å². The van der Waals surface area contributed by atoms with E-state index < -0.39 is 17.8 Å². The highest BCUT2D eigenvalue weighted by Gasteiger charge is 2.34. The summed E-state index contributed by atoms with van der Waals surface area (Å²) in [5, 5.41) is 0. The number of benzene rings is 1. The van der Waals surface area contributed by atoms with Crippen molar-refractivity contribution in [2.45, 2.75) is 25.6 Å². The van der Waals surface area contributed by atoms with E-state index >= 15 is 0 Å². The molecule has 2 N–H and O–H groups in total. The van der Waals surface area contributed by atoms with E-state index in [2.05, 4.69) is 4.98 Å². The number of nitrogens with zero attached hydrogens (tertiary/aromatic N) is 1. The molecule has 2 rings (SSSR count). The molecule has 1 heterocycles. The van der Waals surface area contributed by atoms with Crippen LogP contribution in [0.5, 0.6) is 0 Å². The average Bonchev–Trinajstić information content (AvgIpc) is 2.40. The number of halogens is 3. The minimum absolute atomic E-state index is 0.102. The monoisotopic (exact) mass is 280 g/mol. The Bertz CT molecular complexity index is 594. The molecule has 0 saturated carbocycles. The van der Waals surface area contributed by atoms with Crippen LogP contribution in [-0.4, -0.2) is 4.98 Å². The Hall–Kier alpha value is -1.88. The molecule has 0 aliphatic rings. The molecule has 0 radical (unpaired) electrons. The second kappa shape index (κ2) is 5.63. The van der Waals surface area contributed by atoms with E-state index in [0.717, 1.165) is 17.3 Å². The maximum absolute atomic E-state index is 13.0. The summed E-state index contributed by atoms with van der Waals surface area (Å²) in [5.74, 6) is 0. The van der Waals surface area contributed by atoms with E-state index in [4.69, 9.17) is 5.73 Å². The third-order valence-electron chi connectivity index (χ3n) is 3.20. The first-order chi connectivity index (χ1) is 9.39. The van der Waals surface area contributed by atoms with E-state index in [0.29, 0.717) is 0 Å². The summed E-state index contributed by atoms with van der Waals surface area (Å²) in [4.78, 5) is 4.17. The second-order valence-electron chi connectivity index (χ2n) is 4.66. The first-order valence-electron chi connectivity index (χ1n) is 6.22. The smallest absolute Gasteiger partial charge is 0.324 e. The van der Waals surface area contributed by atoms with E-state index in [-0.39, 0.29) is 12.0 Å². The fourth-order valence-electron chi connectivity index (χ4n) is 2.13. The largest absolute Gasteiger partial charge is 0.416 e. The van der Waals surface area contributed by atoms with E-state index in [1.54, 1.807) is 18.3 Å². The molecule has 0 bridgehead atoms. The van der Waals surface area contributed by atoms with Crippen LogP contribution in [0.4, 0.5) is 13.2 Å². The number of pyridine rings is 1. The maximum Gasteiger partial charge on any atom is 0.416 e. The fraction of sp³-hybridized carbons (Fsp3) is 0.267. The zero-order valence-electron chi connectivity index (χ0n) is 11.0. The minimum atomic E-state index is -4.40. The summed E-state index contributed by atoms with van der Waals surface area (Å²) in [6, 6.07) is 8.33. The molecule has 1 aromatic carbocycles. The Balaban J connectivity index is 2.31. The van der Waals surface area contributed by atoms with Gasteiger partial charge in [0.2, 0.25) is 0 Å². The van der Waals surface area contributed by atoms with Gasteiger partial charge >= 0.3 is 6.18 Å². The van der Waals surface area contributed by atoms with Crippen LogP contribution in [0.25, 0.3) is 0 Å². The van der Waals surface area contributed by atoms with Crippen molar-refractivity contribution in [3.63, 3.8) is 0 Å². The first-order valence-corrected chi connectivity index (χ1v) is 6.22. The molecule has 20 heavy (non-hydrogen) atoms. The zero-order chi connectivity index (χ0) is 14.8. The Morgan fingerprint density at radius 2 is 1.85 bits per heavy atom. The van der Waals surface area contributed by atoms with E-state index in [9.17, 15) is 13.2 Å². The summed E-state index contributed by atoms with van der Waals surface area (Å²) in [5.41, 5.74) is 7.02. The van der Waals surface area contributed by atoms with Crippen molar-refractivity contribution in [3.8, 4) is 0 Å². The number of hydrogen-bond acceptors (Lipinski definition) is 2. The van der Waals surface area contributed by atoms with Crippen molar-refractivity contribution in [2.24, 2.45) is 5.73 Å². The topological polar surface area (TPSA) is 38.9 Å². The van der Waals surface area contributed by atoms with Gasteiger partial charge in [-0.25, -0.2) is 0 Å². The average molecular weight is 280 g/mol. The van der Waals surface area contributed by atoms with Gasteiger partial charge in [0.1, 0.15) is 0 Å². The molecule has 2 nitrogen and oxygen atoms in total. The summed E-state index contributed by atoms with van der Waals surface area (Å²) in [6.07, 6.45) is -2.50. The molecule has 5 heteroatoms. The van der Waals surface area contributed by atoms with Crippen molar-refractivity contribution in [3.05, 3.63) is 65.0 Å². The van der Waals surface area contributed by atoms with Gasteiger partial charge in [0, 0.05) is 24.4 Å². The predicted octanol–water partition coefficient (Wildman–Crippen LogP) is 3.65. The van der Waals surface area contributed by atoms with Crippen molar-refractivity contribution >= 4 is 0 Å². The molecule has 2 aromatic rings. The molecule has 0 fully saturated rings. The lowest BCUT2D eigenvalue weighted by atomic mass is 9.96. The van der Waals surface area contributed by atoms with Gasteiger partial charge in [-0.05, 0) is 30.2 Å². The van der Waals surface area contributed by atoms with Crippen LogP contribution in [-0.2, 0) is 12.6 Å². The Kier molecular flexibility index (Phi) is 4.09. The minimum Gasteiger partial charge on any atom is -0.324 e. The van der Waals surface area contributed by atoms with Gasteiger partial charge in [0.25, 0.3) is 0 Å². The number of rotatable bonds is 3. The zero-order valence-corrected chi connectivity index (χ0v) is 11.0. The lowest BCUT2D eigenvalue weighted by Gasteiger charge is -2.18. The van der Waals surface area contributed by atoms with Crippen LogP contribution >= 0.6 is 0 Å². The van der Waals surface area contributed by atoms with Gasteiger partial charge in [0.05, 0.1) is 5.56 Å².